The average molecular weight is 388 g/mol. The van der Waals surface area contributed by atoms with E-state index in [1.54, 1.807) is 23.5 Å². The second-order valence-electron chi connectivity index (χ2n) is 6.62. The summed E-state index contributed by atoms with van der Waals surface area (Å²) >= 11 is 1.59. The third-order valence-corrected chi connectivity index (χ3v) is 5.76. The molecule has 4 rings (SSSR count). The predicted molar refractivity (Wildman–Crippen MR) is 114 cm³/mol. The van der Waals surface area contributed by atoms with E-state index in [0.29, 0.717) is 5.39 Å². The van der Waals surface area contributed by atoms with E-state index in [-0.39, 0.29) is 23.2 Å². The van der Waals surface area contributed by atoms with Crippen molar-refractivity contribution in [2.24, 2.45) is 0 Å². The molecule has 0 fully saturated rings. The molecule has 4 nitrogen and oxygen atoms in total. The Kier molecular flexibility index (Phi) is 5.08. The lowest BCUT2D eigenvalue weighted by molar-refractivity contribution is 0.0938. The Bertz CT molecular complexity index is 1160. The second kappa shape index (κ2) is 7.82. The van der Waals surface area contributed by atoms with Crippen LogP contribution in [0.25, 0.3) is 10.8 Å². The number of aromatic amines is 1. The van der Waals surface area contributed by atoms with Crippen LogP contribution in [0.3, 0.4) is 0 Å². The van der Waals surface area contributed by atoms with Gasteiger partial charge in [0, 0.05) is 10.3 Å². The van der Waals surface area contributed by atoms with Gasteiger partial charge < -0.3 is 10.3 Å². The second-order valence-corrected chi connectivity index (χ2v) is 7.60. The van der Waals surface area contributed by atoms with E-state index in [9.17, 15) is 9.59 Å². The number of aryl methyl sites for hydroxylation is 1. The summed E-state index contributed by atoms with van der Waals surface area (Å²) in [5.41, 5.74) is 2.26. The van der Waals surface area contributed by atoms with Crippen LogP contribution in [0.5, 0.6) is 0 Å². The van der Waals surface area contributed by atoms with Crippen molar-refractivity contribution < 1.29 is 4.79 Å². The first-order valence-corrected chi connectivity index (χ1v) is 10.1. The zero-order chi connectivity index (χ0) is 19.5. The van der Waals surface area contributed by atoms with Gasteiger partial charge in [-0.25, -0.2) is 0 Å². The van der Waals surface area contributed by atoms with Gasteiger partial charge in [0.25, 0.3) is 11.5 Å². The monoisotopic (exact) mass is 388 g/mol. The zero-order valence-electron chi connectivity index (χ0n) is 15.4. The van der Waals surface area contributed by atoms with E-state index in [1.165, 1.54) is 5.56 Å². The predicted octanol–water partition coefficient (Wildman–Crippen LogP) is 4.67. The van der Waals surface area contributed by atoms with Crippen LogP contribution in [-0.2, 0) is 6.42 Å². The van der Waals surface area contributed by atoms with Crippen LogP contribution < -0.4 is 10.9 Å². The summed E-state index contributed by atoms with van der Waals surface area (Å²) in [5, 5.41) is 6.40. The summed E-state index contributed by atoms with van der Waals surface area (Å²) in [6.45, 7) is 2.11. The Labute approximate surface area is 166 Å². The fourth-order valence-corrected chi connectivity index (χ4v) is 4.06. The smallest absolute Gasteiger partial charge is 0.268 e. The lowest BCUT2D eigenvalue weighted by Crippen LogP contribution is -2.30. The summed E-state index contributed by atoms with van der Waals surface area (Å²) < 4.78 is 0. The molecular weight excluding hydrogens is 368 g/mol. The molecular formula is C23H20N2O2S. The minimum absolute atomic E-state index is 0.260. The van der Waals surface area contributed by atoms with Crippen LogP contribution in [0, 0.1) is 0 Å². The summed E-state index contributed by atoms with van der Waals surface area (Å²) in [4.78, 5) is 29.0. The quantitative estimate of drug-likeness (QED) is 0.522. The normalized spacial score (nSPS) is 12.0. The number of pyridine rings is 1. The standard InChI is InChI=1S/C23H20N2O2S/c1-2-15-9-11-16(12-10-15)21(20-8-5-13-28-20)25-23(27)19-14-17-6-3-4-7-18(17)22(26)24-19/h3-14,21H,2H2,1H3,(H,24,26)(H,25,27)/t21-/m0/s1. The Hall–Kier alpha value is -3.18. The van der Waals surface area contributed by atoms with Gasteiger partial charge in [0.15, 0.2) is 0 Å². The maximum atomic E-state index is 13.0. The number of carbonyl (C=O) groups is 1. The van der Waals surface area contributed by atoms with Crippen molar-refractivity contribution in [3.05, 3.63) is 104 Å². The van der Waals surface area contributed by atoms with E-state index in [1.807, 2.05) is 47.8 Å². The highest BCUT2D eigenvalue weighted by atomic mass is 32.1. The molecule has 0 radical (unpaired) electrons. The Balaban J connectivity index is 1.68. The van der Waals surface area contributed by atoms with Crippen molar-refractivity contribution in [2.45, 2.75) is 19.4 Å². The fraction of sp³-hybridized carbons (Fsp3) is 0.130. The van der Waals surface area contributed by atoms with Gasteiger partial charge in [-0.05, 0) is 46.5 Å². The van der Waals surface area contributed by atoms with Crippen LogP contribution >= 0.6 is 11.3 Å². The molecule has 0 aliphatic rings. The van der Waals surface area contributed by atoms with Crippen molar-refractivity contribution in [1.29, 1.82) is 0 Å². The minimum Gasteiger partial charge on any atom is -0.339 e. The van der Waals surface area contributed by atoms with Crippen molar-refractivity contribution in [3.63, 3.8) is 0 Å². The largest absolute Gasteiger partial charge is 0.339 e. The van der Waals surface area contributed by atoms with Gasteiger partial charge in [-0.15, -0.1) is 11.3 Å². The summed E-state index contributed by atoms with van der Waals surface area (Å²) in [5.74, 6) is -0.305. The number of fused-ring (bicyclic) bond motifs is 1. The number of rotatable bonds is 5. The SMILES string of the molecule is CCc1ccc([C@H](NC(=O)c2cc3ccccc3c(=O)[nH]2)c2cccs2)cc1. The van der Waals surface area contributed by atoms with E-state index in [0.717, 1.165) is 22.2 Å². The first-order chi connectivity index (χ1) is 13.7. The van der Waals surface area contributed by atoms with Crippen molar-refractivity contribution in [1.82, 2.24) is 10.3 Å². The molecule has 2 aromatic heterocycles. The Morgan fingerprint density at radius 2 is 1.86 bits per heavy atom. The van der Waals surface area contributed by atoms with Crippen LogP contribution in [-0.4, -0.2) is 10.9 Å². The molecule has 4 aromatic rings. The lowest BCUT2D eigenvalue weighted by Gasteiger charge is -2.18. The number of carbonyl (C=O) groups excluding carboxylic acids is 1. The molecule has 0 unspecified atom stereocenters. The fourth-order valence-electron chi connectivity index (χ4n) is 3.26. The van der Waals surface area contributed by atoms with Gasteiger partial charge in [-0.2, -0.15) is 0 Å². The van der Waals surface area contributed by atoms with Gasteiger partial charge in [0.05, 0.1) is 6.04 Å². The molecule has 2 aromatic carbocycles. The highest BCUT2D eigenvalue weighted by Gasteiger charge is 2.20. The number of nitrogens with one attached hydrogen (secondary N) is 2. The molecule has 0 aliphatic heterocycles. The molecule has 28 heavy (non-hydrogen) atoms. The molecule has 0 aliphatic carbocycles. The first kappa shape index (κ1) is 18.2. The third-order valence-electron chi connectivity index (χ3n) is 4.82. The first-order valence-electron chi connectivity index (χ1n) is 9.21. The number of H-pyrrole nitrogens is 1. The number of amides is 1. The van der Waals surface area contributed by atoms with Crippen LogP contribution in [0.2, 0.25) is 0 Å². The average Bonchev–Trinajstić information content (AvgIpc) is 3.26. The van der Waals surface area contributed by atoms with E-state index in [4.69, 9.17) is 0 Å². The van der Waals surface area contributed by atoms with Gasteiger partial charge in [0.2, 0.25) is 0 Å². The Morgan fingerprint density at radius 3 is 2.57 bits per heavy atom. The number of aromatic nitrogens is 1. The molecule has 5 heteroatoms. The molecule has 0 bridgehead atoms. The Morgan fingerprint density at radius 1 is 1.07 bits per heavy atom. The molecule has 0 spiro atoms. The molecule has 2 N–H and O–H groups in total. The van der Waals surface area contributed by atoms with Crippen molar-refractivity contribution >= 4 is 28.0 Å². The maximum Gasteiger partial charge on any atom is 0.268 e. The van der Waals surface area contributed by atoms with E-state index >= 15 is 0 Å². The van der Waals surface area contributed by atoms with Crippen LogP contribution in [0.15, 0.2) is 76.9 Å². The number of hydrogen-bond acceptors (Lipinski definition) is 3. The zero-order valence-corrected chi connectivity index (χ0v) is 16.3. The van der Waals surface area contributed by atoms with Gasteiger partial charge in [-0.1, -0.05) is 55.5 Å². The topological polar surface area (TPSA) is 62.0 Å². The van der Waals surface area contributed by atoms with E-state index in [2.05, 4.69) is 29.4 Å². The summed E-state index contributed by atoms with van der Waals surface area (Å²) in [6.07, 6.45) is 0.967. The maximum absolute atomic E-state index is 13.0. The molecule has 2 heterocycles. The lowest BCUT2D eigenvalue weighted by atomic mass is 10.0. The summed E-state index contributed by atoms with van der Waals surface area (Å²) in [6, 6.07) is 20.9. The van der Waals surface area contributed by atoms with Crippen molar-refractivity contribution in [2.75, 3.05) is 0 Å². The highest BCUT2D eigenvalue weighted by molar-refractivity contribution is 7.10. The highest BCUT2D eigenvalue weighted by Crippen LogP contribution is 2.27. The van der Waals surface area contributed by atoms with E-state index < -0.39 is 0 Å². The number of thiophene rings is 1. The van der Waals surface area contributed by atoms with Gasteiger partial charge in [0.1, 0.15) is 5.69 Å². The number of benzene rings is 2. The number of hydrogen-bond donors (Lipinski definition) is 2. The molecule has 1 atom stereocenters. The minimum atomic E-state index is -0.305. The van der Waals surface area contributed by atoms with Crippen molar-refractivity contribution in [3.8, 4) is 0 Å². The molecule has 140 valence electrons. The molecule has 0 saturated carbocycles. The van der Waals surface area contributed by atoms with Gasteiger partial charge >= 0.3 is 0 Å². The molecule has 1 amide bonds. The molecule has 0 saturated heterocycles. The third kappa shape index (κ3) is 3.62. The van der Waals surface area contributed by atoms with Crippen LogP contribution in [0.4, 0.5) is 0 Å². The van der Waals surface area contributed by atoms with Crippen LogP contribution in [0.1, 0.15) is 39.5 Å². The summed E-state index contributed by atoms with van der Waals surface area (Å²) in [7, 11) is 0. The van der Waals surface area contributed by atoms with Gasteiger partial charge in [-0.3, -0.25) is 9.59 Å².